The standard InChI is InChI=1S/C25H21N5O5/c1-13-29-19-8-14(2-7-22(19)35-13)11-26-23(31)20-10-21(28-12-27-20)24(32)30-18-6-4-15-9-16(25(33)34)3-5-17(15)18/h2-3,5,7-10,12,18H,4,6,11H2,1H3,(H,26,31)(H,30,32)(H,33,34)/t18-/m0/s1. The second-order valence-corrected chi connectivity index (χ2v) is 8.29. The third-order valence-corrected chi connectivity index (χ3v) is 5.92. The average molecular weight is 471 g/mol. The molecule has 1 atom stereocenters. The Bertz CT molecular complexity index is 1480. The molecule has 1 aliphatic rings. The molecule has 2 aromatic heterocycles. The Balaban J connectivity index is 1.24. The van der Waals surface area contributed by atoms with E-state index in [0.29, 0.717) is 29.8 Å². The summed E-state index contributed by atoms with van der Waals surface area (Å²) in [4.78, 5) is 48.9. The van der Waals surface area contributed by atoms with E-state index in [0.717, 1.165) is 16.7 Å². The van der Waals surface area contributed by atoms with E-state index in [4.69, 9.17) is 9.52 Å². The quantitative estimate of drug-likeness (QED) is 0.389. The van der Waals surface area contributed by atoms with Crippen LogP contribution in [-0.4, -0.2) is 37.8 Å². The van der Waals surface area contributed by atoms with Crippen LogP contribution >= 0.6 is 0 Å². The molecule has 2 heterocycles. The van der Waals surface area contributed by atoms with Crippen LogP contribution in [0.5, 0.6) is 0 Å². The topological polar surface area (TPSA) is 147 Å². The first-order valence-corrected chi connectivity index (χ1v) is 11.0. The van der Waals surface area contributed by atoms with Crippen LogP contribution in [0.4, 0.5) is 0 Å². The van der Waals surface area contributed by atoms with E-state index in [1.165, 1.54) is 18.5 Å². The van der Waals surface area contributed by atoms with Gasteiger partial charge >= 0.3 is 5.97 Å². The SMILES string of the molecule is Cc1nc2cc(CNC(=O)c3cc(C(=O)N[C@H]4CCc5cc(C(=O)O)ccc54)ncn3)ccc2o1. The van der Waals surface area contributed by atoms with Gasteiger partial charge in [-0.2, -0.15) is 0 Å². The number of hydrogen-bond donors (Lipinski definition) is 3. The molecule has 1 aliphatic carbocycles. The summed E-state index contributed by atoms with van der Waals surface area (Å²) in [7, 11) is 0. The fourth-order valence-corrected chi connectivity index (χ4v) is 4.21. The molecule has 4 aromatic rings. The van der Waals surface area contributed by atoms with Crippen LogP contribution in [0.3, 0.4) is 0 Å². The molecule has 0 saturated carbocycles. The van der Waals surface area contributed by atoms with Crippen LogP contribution in [0.2, 0.25) is 0 Å². The second kappa shape index (κ2) is 8.98. The number of carboxylic acids is 1. The van der Waals surface area contributed by atoms with Gasteiger partial charge in [0.1, 0.15) is 23.2 Å². The normalized spacial score (nSPS) is 14.5. The molecule has 0 spiro atoms. The number of carboxylic acid groups (broad SMARTS) is 1. The van der Waals surface area contributed by atoms with Gasteiger partial charge in [0, 0.05) is 19.5 Å². The van der Waals surface area contributed by atoms with Crippen molar-refractivity contribution < 1.29 is 23.9 Å². The molecule has 0 fully saturated rings. The lowest BCUT2D eigenvalue weighted by Crippen LogP contribution is -2.29. The first-order chi connectivity index (χ1) is 16.9. The molecular weight excluding hydrogens is 450 g/mol. The minimum absolute atomic E-state index is 0.0697. The number of benzene rings is 2. The highest BCUT2D eigenvalue weighted by molar-refractivity contribution is 5.97. The fourth-order valence-electron chi connectivity index (χ4n) is 4.21. The molecule has 0 radical (unpaired) electrons. The summed E-state index contributed by atoms with van der Waals surface area (Å²) in [5.41, 5.74) is 4.38. The van der Waals surface area contributed by atoms with E-state index in [-0.39, 0.29) is 29.5 Å². The first-order valence-electron chi connectivity index (χ1n) is 11.0. The van der Waals surface area contributed by atoms with Crippen molar-refractivity contribution in [2.75, 3.05) is 0 Å². The first kappa shape index (κ1) is 22.2. The van der Waals surface area contributed by atoms with E-state index in [1.807, 2.05) is 12.1 Å². The highest BCUT2D eigenvalue weighted by Crippen LogP contribution is 2.32. The van der Waals surface area contributed by atoms with Crippen LogP contribution in [-0.2, 0) is 13.0 Å². The lowest BCUT2D eigenvalue weighted by Gasteiger charge is -2.14. The highest BCUT2D eigenvalue weighted by Gasteiger charge is 2.26. The lowest BCUT2D eigenvalue weighted by atomic mass is 10.0. The predicted molar refractivity (Wildman–Crippen MR) is 124 cm³/mol. The summed E-state index contributed by atoms with van der Waals surface area (Å²) in [6, 6.07) is 11.5. The maximum Gasteiger partial charge on any atom is 0.335 e. The van der Waals surface area contributed by atoms with Crippen molar-refractivity contribution in [1.29, 1.82) is 0 Å². The molecule has 2 amide bonds. The Kier molecular flexibility index (Phi) is 5.69. The van der Waals surface area contributed by atoms with Gasteiger partial charge in [-0.05, 0) is 53.8 Å². The van der Waals surface area contributed by atoms with E-state index >= 15 is 0 Å². The lowest BCUT2D eigenvalue weighted by molar-refractivity contribution is 0.0696. The summed E-state index contributed by atoms with van der Waals surface area (Å²) < 4.78 is 5.46. The van der Waals surface area contributed by atoms with Crippen molar-refractivity contribution in [3.63, 3.8) is 0 Å². The van der Waals surface area contributed by atoms with Crippen LogP contribution in [0.15, 0.2) is 53.2 Å². The van der Waals surface area contributed by atoms with Gasteiger partial charge in [-0.25, -0.2) is 19.7 Å². The van der Waals surface area contributed by atoms with Gasteiger partial charge in [0.05, 0.1) is 11.6 Å². The maximum absolute atomic E-state index is 12.8. The van der Waals surface area contributed by atoms with Gasteiger partial charge in [-0.1, -0.05) is 12.1 Å². The van der Waals surface area contributed by atoms with E-state index in [1.54, 1.807) is 25.1 Å². The number of nitrogens with zero attached hydrogens (tertiary/aromatic N) is 3. The zero-order chi connectivity index (χ0) is 24.5. The Morgan fingerprint density at radius 3 is 2.66 bits per heavy atom. The highest BCUT2D eigenvalue weighted by atomic mass is 16.4. The summed E-state index contributed by atoms with van der Waals surface area (Å²) in [6.45, 7) is 2.02. The predicted octanol–water partition coefficient (Wildman–Crippen LogP) is 2.97. The van der Waals surface area contributed by atoms with Gasteiger partial charge in [-0.3, -0.25) is 9.59 Å². The number of aromatic carboxylic acids is 1. The fraction of sp³-hybridized carbons (Fsp3) is 0.200. The van der Waals surface area contributed by atoms with E-state index in [9.17, 15) is 14.4 Å². The van der Waals surface area contributed by atoms with Crippen LogP contribution < -0.4 is 10.6 Å². The van der Waals surface area contributed by atoms with Gasteiger partial charge in [-0.15, -0.1) is 0 Å². The number of hydrogen-bond acceptors (Lipinski definition) is 7. The number of oxazole rings is 1. The Hall–Kier alpha value is -4.60. The van der Waals surface area contributed by atoms with Gasteiger partial charge in [0.25, 0.3) is 11.8 Å². The molecule has 2 aromatic carbocycles. The van der Waals surface area contributed by atoms with Crippen molar-refractivity contribution in [2.45, 2.75) is 32.4 Å². The number of rotatable bonds is 6. The van der Waals surface area contributed by atoms with Gasteiger partial charge in [0.15, 0.2) is 11.5 Å². The average Bonchev–Trinajstić information content (AvgIpc) is 3.43. The maximum atomic E-state index is 12.8. The number of aryl methyl sites for hydroxylation is 2. The summed E-state index contributed by atoms with van der Waals surface area (Å²) in [5, 5.41) is 14.9. The molecule has 176 valence electrons. The third-order valence-electron chi connectivity index (χ3n) is 5.92. The number of fused-ring (bicyclic) bond motifs is 2. The summed E-state index contributed by atoms with van der Waals surface area (Å²) in [6.07, 6.45) is 2.49. The largest absolute Gasteiger partial charge is 0.478 e. The number of amides is 2. The Labute approximate surface area is 199 Å². The molecule has 35 heavy (non-hydrogen) atoms. The molecule has 5 rings (SSSR count). The minimum atomic E-state index is -0.985. The van der Waals surface area contributed by atoms with Crippen molar-refractivity contribution in [3.05, 3.63) is 88.3 Å². The van der Waals surface area contributed by atoms with Crippen molar-refractivity contribution >= 4 is 28.9 Å². The van der Waals surface area contributed by atoms with Crippen LogP contribution in [0, 0.1) is 6.92 Å². The van der Waals surface area contributed by atoms with E-state index in [2.05, 4.69) is 25.6 Å². The molecular formula is C25H21N5O5. The summed E-state index contributed by atoms with van der Waals surface area (Å²) >= 11 is 0. The molecule has 3 N–H and O–H groups in total. The summed E-state index contributed by atoms with van der Waals surface area (Å²) in [5.74, 6) is -1.29. The molecule has 0 unspecified atom stereocenters. The third kappa shape index (κ3) is 4.58. The Morgan fingerprint density at radius 1 is 1.06 bits per heavy atom. The van der Waals surface area contributed by atoms with Crippen molar-refractivity contribution in [2.24, 2.45) is 0 Å². The van der Waals surface area contributed by atoms with Gasteiger partial charge in [0.2, 0.25) is 0 Å². The monoisotopic (exact) mass is 471 g/mol. The van der Waals surface area contributed by atoms with Crippen molar-refractivity contribution in [3.8, 4) is 0 Å². The second-order valence-electron chi connectivity index (χ2n) is 8.29. The smallest absolute Gasteiger partial charge is 0.335 e. The molecule has 0 saturated heterocycles. The number of carbonyl (C=O) groups is 3. The van der Waals surface area contributed by atoms with Crippen LogP contribution in [0.1, 0.15) is 66.4 Å². The van der Waals surface area contributed by atoms with E-state index < -0.39 is 17.8 Å². The number of carbonyl (C=O) groups excluding carboxylic acids is 2. The zero-order valence-electron chi connectivity index (χ0n) is 18.7. The van der Waals surface area contributed by atoms with Gasteiger partial charge < -0.3 is 20.2 Å². The van der Waals surface area contributed by atoms with Crippen LogP contribution in [0.25, 0.3) is 11.1 Å². The molecule has 10 heteroatoms. The molecule has 0 bridgehead atoms. The van der Waals surface area contributed by atoms with Crippen molar-refractivity contribution in [1.82, 2.24) is 25.6 Å². The number of aromatic nitrogens is 3. The molecule has 0 aliphatic heterocycles. The Morgan fingerprint density at radius 2 is 1.86 bits per heavy atom. The zero-order valence-corrected chi connectivity index (χ0v) is 18.7. The minimum Gasteiger partial charge on any atom is -0.478 e. The molecule has 10 nitrogen and oxygen atoms in total. The number of nitrogens with one attached hydrogen (secondary N) is 2.